The van der Waals surface area contributed by atoms with Crippen molar-refractivity contribution in [2.24, 2.45) is 11.8 Å². The molecule has 0 saturated heterocycles. The molecule has 1 aliphatic rings. The predicted octanol–water partition coefficient (Wildman–Crippen LogP) is 10.3. The maximum atomic E-state index is 14.2. The van der Waals surface area contributed by atoms with Gasteiger partial charge in [0.15, 0.2) is 0 Å². The molecule has 0 aliphatic heterocycles. The van der Waals surface area contributed by atoms with Crippen LogP contribution in [0.25, 0.3) is 22.3 Å². The third-order valence-corrected chi connectivity index (χ3v) is 8.87. The molecule has 0 spiro atoms. The van der Waals surface area contributed by atoms with E-state index >= 15 is 0 Å². The van der Waals surface area contributed by atoms with E-state index in [1.165, 1.54) is 47.5 Å². The number of rotatable bonds is 12. The van der Waals surface area contributed by atoms with Gasteiger partial charge in [0, 0.05) is 11.1 Å². The van der Waals surface area contributed by atoms with Crippen LogP contribution in [0.2, 0.25) is 0 Å². The average Bonchev–Trinajstić information content (AvgIpc) is 3.08. The molecular formula is C40H42F2O4. The summed E-state index contributed by atoms with van der Waals surface area (Å²) in [5, 5.41) is 0. The Labute approximate surface area is 270 Å². The number of halogens is 2. The minimum atomic E-state index is -0.405. The molecule has 6 heteroatoms. The fourth-order valence-corrected chi connectivity index (χ4v) is 6.05. The van der Waals surface area contributed by atoms with E-state index < -0.39 is 11.6 Å². The summed E-state index contributed by atoms with van der Waals surface area (Å²) in [4.78, 5) is 26.4. The minimum Gasteiger partial charge on any atom is -0.426 e. The molecule has 0 atom stereocenters. The minimum absolute atomic E-state index is 0.316. The number of hydrogen-bond acceptors (Lipinski definition) is 4. The van der Waals surface area contributed by atoms with Crippen LogP contribution in [0.5, 0.6) is 11.5 Å². The normalized spacial score (nSPS) is 16.2. The van der Waals surface area contributed by atoms with Crippen LogP contribution in [-0.4, -0.2) is 11.9 Å². The first-order valence-corrected chi connectivity index (χ1v) is 16.6. The zero-order chi connectivity index (χ0) is 32.5. The Morgan fingerprint density at radius 3 is 1.30 bits per heavy atom. The number of carbonyl (C=O) groups is 2. The number of ether oxygens (including phenoxy) is 2. The molecule has 1 fully saturated rings. The van der Waals surface area contributed by atoms with Crippen LogP contribution < -0.4 is 9.47 Å². The maximum absolute atomic E-state index is 14.2. The molecule has 4 aromatic rings. The first kappa shape index (κ1) is 33.1. The van der Waals surface area contributed by atoms with Crippen molar-refractivity contribution in [2.75, 3.05) is 0 Å². The Hall–Kier alpha value is -4.32. The number of hydrogen-bond donors (Lipinski definition) is 0. The Bertz CT molecular complexity index is 1500. The molecule has 0 radical (unpaired) electrons. The summed E-state index contributed by atoms with van der Waals surface area (Å²) in [5.41, 5.74) is 5.03. The monoisotopic (exact) mass is 624 g/mol. The van der Waals surface area contributed by atoms with E-state index in [1.807, 2.05) is 48.5 Å². The van der Waals surface area contributed by atoms with Gasteiger partial charge in [-0.25, -0.2) is 8.78 Å². The largest absolute Gasteiger partial charge is 0.426 e. The molecule has 0 unspecified atom stereocenters. The lowest BCUT2D eigenvalue weighted by molar-refractivity contribution is -0.145. The van der Waals surface area contributed by atoms with Gasteiger partial charge in [-0.1, -0.05) is 75.2 Å². The highest BCUT2D eigenvalue weighted by Crippen LogP contribution is 2.37. The zero-order valence-electron chi connectivity index (χ0n) is 26.7. The first-order chi connectivity index (χ1) is 22.3. The van der Waals surface area contributed by atoms with Crippen molar-refractivity contribution in [3.8, 4) is 33.8 Å². The molecule has 1 saturated carbocycles. The van der Waals surface area contributed by atoms with Crippen LogP contribution in [0.15, 0.2) is 84.9 Å². The number of carbonyl (C=O) groups excluding carboxylic acids is 2. The number of unbranched alkanes of at least 4 members (excludes halogenated alkanes) is 2. The second kappa shape index (κ2) is 15.8. The molecule has 0 aromatic heterocycles. The van der Waals surface area contributed by atoms with Gasteiger partial charge in [-0.05, 0) is 110 Å². The third-order valence-electron chi connectivity index (χ3n) is 8.87. The van der Waals surface area contributed by atoms with Crippen LogP contribution in [-0.2, 0) is 22.4 Å². The number of aryl methyl sites for hydroxylation is 2. The van der Waals surface area contributed by atoms with E-state index in [-0.39, 0.29) is 23.8 Å². The van der Waals surface area contributed by atoms with Crippen LogP contribution in [0.1, 0.15) is 76.3 Å². The average molecular weight is 625 g/mol. The summed E-state index contributed by atoms with van der Waals surface area (Å²) in [6, 6.07) is 24.2. The highest BCUT2D eigenvalue weighted by atomic mass is 19.1. The van der Waals surface area contributed by atoms with Gasteiger partial charge in [0.2, 0.25) is 0 Å². The summed E-state index contributed by atoms with van der Waals surface area (Å²) in [7, 11) is 0. The maximum Gasteiger partial charge on any atom is 0.314 e. The molecule has 1 aliphatic carbocycles. The second-order valence-corrected chi connectivity index (χ2v) is 12.3. The molecule has 46 heavy (non-hydrogen) atoms. The number of esters is 2. The quantitative estimate of drug-likeness (QED) is 0.116. The number of benzene rings is 4. The van der Waals surface area contributed by atoms with E-state index in [2.05, 4.69) is 13.8 Å². The van der Waals surface area contributed by atoms with Crippen LogP contribution in [0.4, 0.5) is 8.78 Å². The molecule has 0 N–H and O–H groups in total. The van der Waals surface area contributed by atoms with Crippen LogP contribution in [0, 0.1) is 23.5 Å². The van der Waals surface area contributed by atoms with Crippen molar-refractivity contribution >= 4 is 11.9 Å². The highest BCUT2D eigenvalue weighted by Gasteiger charge is 2.33. The Morgan fingerprint density at radius 1 is 0.587 bits per heavy atom. The molecule has 4 nitrogen and oxygen atoms in total. The van der Waals surface area contributed by atoms with Crippen molar-refractivity contribution < 1.29 is 27.8 Å². The first-order valence-electron chi connectivity index (χ1n) is 16.6. The van der Waals surface area contributed by atoms with Gasteiger partial charge in [-0.3, -0.25) is 9.59 Å². The van der Waals surface area contributed by atoms with Crippen molar-refractivity contribution in [3.63, 3.8) is 0 Å². The van der Waals surface area contributed by atoms with Gasteiger partial charge >= 0.3 is 11.9 Å². The summed E-state index contributed by atoms with van der Waals surface area (Å²) < 4.78 is 40.1. The smallest absolute Gasteiger partial charge is 0.314 e. The molecule has 4 aromatic carbocycles. The highest BCUT2D eigenvalue weighted by molar-refractivity contribution is 5.82. The van der Waals surface area contributed by atoms with Crippen molar-refractivity contribution in [1.29, 1.82) is 0 Å². The summed E-state index contributed by atoms with van der Waals surface area (Å²) in [6.07, 6.45) is 8.26. The molecule has 0 bridgehead atoms. The zero-order valence-corrected chi connectivity index (χ0v) is 26.7. The van der Waals surface area contributed by atoms with E-state index in [0.29, 0.717) is 48.3 Å². The Morgan fingerprint density at radius 2 is 0.957 bits per heavy atom. The Kier molecular flexibility index (Phi) is 11.4. The van der Waals surface area contributed by atoms with Gasteiger partial charge in [0.25, 0.3) is 0 Å². The van der Waals surface area contributed by atoms with Crippen molar-refractivity contribution in [3.05, 3.63) is 108 Å². The molecule has 0 amide bonds. The lowest BCUT2D eigenvalue weighted by Crippen LogP contribution is -2.30. The van der Waals surface area contributed by atoms with Gasteiger partial charge in [-0.2, -0.15) is 0 Å². The van der Waals surface area contributed by atoms with Crippen molar-refractivity contribution in [1.82, 2.24) is 0 Å². The standard InChI is InChI=1S/C40H42F2O4/c1-3-5-7-27-9-13-29(14-10-27)35-25-33(41)21-23-37(35)45-39(43)31-17-19-32(20-18-31)40(44)46-38-24-22-34(42)26-36(38)30-15-11-28(12-16-30)8-6-4-2/h9-16,21-26,31-32H,3-8,17-20H2,1-2H3. The lowest BCUT2D eigenvalue weighted by Gasteiger charge is -2.26. The fraction of sp³-hybridized carbons (Fsp3) is 0.350. The van der Waals surface area contributed by atoms with Gasteiger partial charge < -0.3 is 9.47 Å². The summed E-state index contributed by atoms with van der Waals surface area (Å²) >= 11 is 0. The van der Waals surface area contributed by atoms with Crippen LogP contribution >= 0.6 is 0 Å². The van der Waals surface area contributed by atoms with E-state index in [1.54, 1.807) is 0 Å². The van der Waals surface area contributed by atoms with E-state index in [4.69, 9.17) is 9.47 Å². The fourth-order valence-electron chi connectivity index (χ4n) is 6.05. The Balaban J connectivity index is 1.20. The van der Waals surface area contributed by atoms with Crippen molar-refractivity contribution in [2.45, 2.75) is 78.1 Å². The van der Waals surface area contributed by atoms with E-state index in [0.717, 1.165) is 49.7 Å². The van der Waals surface area contributed by atoms with Gasteiger partial charge in [0.05, 0.1) is 11.8 Å². The van der Waals surface area contributed by atoms with Crippen LogP contribution in [0.3, 0.4) is 0 Å². The SMILES string of the molecule is CCCCc1ccc(-c2cc(F)ccc2OC(=O)C2CCC(C(=O)Oc3ccc(F)cc3-c3ccc(CCCC)cc3)CC2)cc1. The second-order valence-electron chi connectivity index (χ2n) is 12.3. The molecular weight excluding hydrogens is 582 g/mol. The van der Waals surface area contributed by atoms with Gasteiger partial charge in [0.1, 0.15) is 23.1 Å². The molecule has 0 heterocycles. The molecule has 240 valence electrons. The molecule has 5 rings (SSSR count). The summed E-state index contributed by atoms with van der Waals surface area (Å²) in [5.74, 6) is -1.72. The third kappa shape index (κ3) is 8.48. The van der Waals surface area contributed by atoms with E-state index in [9.17, 15) is 18.4 Å². The topological polar surface area (TPSA) is 52.6 Å². The predicted molar refractivity (Wildman–Crippen MR) is 178 cm³/mol. The lowest BCUT2D eigenvalue weighted by atomic mass is 9.82. The summed E-state index contributed by atoms with van der Waals surface area (Å²) in [6.45, 7) is 4.30. The van der Waals surface area contributed by atoms with Gasteiger partial charge in [-0.15, -0.1) is 0 Å².